The van der Waals surface area contributed by atoms with E-state index in [0.29, 0.717) is 28.0 Å². The summed E-state index contributed by atoms with van der Waals surface area (Å²) in [5.41, 5.74) is 2.49. The molecule has 2 amide bonds. The number of hydrogen-bond donors (Lipinski definition) is 2. The maximum absolute atomic E-state index is 13.6. The summed E-state index contributed by atoms with van der Waals surface area (Å²) in [5.74, 6) is -0.589. The van der Waals surface area contributed by atoms with E-state index < -0.39 is 5.56 Å². The average molecular weight is 463 g/mol. The molecule has 4 aromatic carbocycles. The Hall–Kier alpha value is -4.78. The van der Waals surface area contributed by atoms with Crippen LogP contribution >= 0.6 is 0 Å². The zero-order valence-corrected chi connectivity index (χ0v) is 19.0. The van der Waals surface area contributed by atoms with Gasteiger partial charge in [0.15, 0.2) is 0 Å². The first-order valence-electron chi connectivity index (χ1n) is 11.2. The highest BCUT2D eigenvalue weighted by molar-refractivity contribution is 6.02. The van der Waals surface area contributed by atoms with E-state index in [2.05, 4.69) is 15.6 Å². The molecule has 0 radical (unpaired) electrons. The third kappa shape index (κ3) is 4.39. The third-order valence-corrected chi connectivity index (χ3v) is 5.71. The second-order valence-electron chi connectivity index (χ2n) is 8.14. The van der Waals surface area contributed by atoms with Crippen molar-refractivity contribution >= 4 is 45.0 Å². The molecule has 0 unspecified atom stereocenters. The molecule has 0 bridgehead atoms. The molecule has 0 saturated carbocycles. The van der Waals surface area contributed by atoms with Crippen LogP contribution < -0.4 is 16.2 Å². The van der Waals surface area contributed by atoms with Crippen molar-refractivity contribution in [3.8, 4) is 11.3 Å². The van der Waals surface area contributed by atoms with Crippen molar-refractivity contribution in [2.75, 3.05) is 10.6 Å². The smallest absolute Gasteiger partial charge is 0.278 e. The lowest BCUT2D eigenvalue weighted by atomic mass is 10.1. The summed E-state index contributed by atoms with van der Waals surface area (Å²) in [7, 11) is 0. The van der Waals surface area contributed by atoms with Gasteiger partial charge in [0.2, 0.25) is 11.8 Å². The van der Waals surface area contributed by atoms with Crippen LogP contribution in [0.4, 0.5) is 11.4 Å². The van der Waals surface area contributed by atoms with Gasteiger partial charge in [0.1, 0.15) is 12.2 Å². The van der Waals surface area contributed by atoms with Crippen LogP contribution in [0, 0.1) is 0 Å². The zero-order chi connectivity index (χ0) is 24.4. The summed E-state index contributed by atoms with van der Waals surface area (Å²) in [5, 5.41) is 7.62. The van der Waals surface area contributed by atoms with Gasteiger partial charge in [0, 0.05) is 23.6 Å². The molecule has 0 aliphatic heterocycles. The molecular weight excluding hydrogens is 440 g/mol. The lowest BCUT2D eigenvalue weighted by molar-refractivity contribution is -0.117. The summed E-state index contributed by atoms with van der Waals surface area (Å²) in [6.07, 6.45) is 0. The van der Waals surface area contributed by atoms with Crippen LogP contribution in [0.1, 0.15) is 6.92 Å². The fourth-order valence-electron chi connectivity index (χ4n) is 4.18. The first-order chi connectivity index (χ1) is 17.0. The number of aromatic nitrogens is 2. The number of anilines is 2. The molecule has 35 heavy (non-hydrogen) atoms. The van der Waals surface area contributed by atoms with Gasteiger partial charge in [0.05, 0.1) is 16.7 Å². The monoisotopic (exact) mass is 462 g/mol. The predicted octanol–water partition coefficient (Wildman–Crippen LogP) is 4.81. The van der Waals surface area contributed by atoms with E-state index in [1.54, 1.807) is 42.5 Å². The molecule has 5 rings (SSSR count). The number of amides is 2. The lowest BCUT2D eigenvalue weighted by Crippen LogP contribution is -2.30. The van der Waals surface area contributed by atoms with Crippen molar-refractivity contribution in [2.45, 2.75) is 13.5 Å². The molecule has 0 aliphatic rings. The number of hydrogen-bond acceptors (Lipinski definition) is 4. The first-order valence-corrected chi connectivity index (χ1v) is 11.2. The number of rotatable bonds is 5. The van der Waals surface area contributed by atoms with Gasteiger partial charge >= 0.3 is 0 Å². The number of benzene rings is 4. The number of carbonyl (C=O) groups excluding carboxylic acids is 2. The van der Waals surface area contributed by atoms with E-state index >= 15 is 0 Å². The minimum atomic E-state index is -0.422. The summed E-state index contributed by atoms with van der Waals surface area (Å²) in [4.78, 5) is 43.1. The number of carbonyl (C=O) groups is 2. The van der Waals surface area contributed by atoms with E-state index in [4.69, 9.17) is 0 Å². The van der Waals surface area contributed by atoms with E-state index in [1.807, 2.05) is 48.5 Å². The van der Waals surface area contributed by atoms with Gasteiger partial charge in [-0.3, -0.25) is 19.0 Å². The third-order valence-electron chi connectivity index (χ3n) is 5.71. The zero-order valence-electron chi connectivity index (χ0n) is 19.0. The Bertz CT molecular complexity index is 1650. The highest BCUT2D eigenvalue weighted by Crippen LogP contribution is 2.26. The molecule has 5 aromatic rings. The Morgan fingerprint density at radius 2 is 1.49 bits per heavy atom. The molecular formula is C28H22N4O3. The van der Waals surface area contributed by atoms with Gasteiger partial charge in [-0.25, -0.2) is 4.98 Å². The van der Waals surface area contributed by atoms with Crippen molar-refractivity contribution in [2.24, 2.45) is 0 Å². The molecule has 7 heteroatoms. The first kappa shape index (κ1) is 22.0. The molecule has 0 aliphatic carbocycles. The van der Waals surface area contributed by atoms with Crippen LogP contribution in [0.25, 0.3) is 33.1 Å². The van der Waals surface area contributed by atoms with Crippen LogP contribution in [0.5, 0.6) is 0 Å². The Labute approximate surface area is 201 Å². The lowest BCUT2D eigenvalue weighted by Gasteiger charge is -2.15. The maximum atomic E-state index is 13.6. The molecule has 7 nitrogen and oxygen atoms in total. The van der Waals surface area contributed by atoms with Crippen molar-refractivity contribution in [3.05, 3.63) is 101 Å². The maximum Gasteiger partial charge on any atom is 0.278 e. The molecule has 1 heterocycles. The van der Waals surface area contributed by atoms with Crippen LogP contribution in [-0.4, -0.2) is 21.4 Å². The molecule has 0 saturated heterocycles. The second-order valence-corrected chi connectivity index (χ2v) is 8.14. The summed E-state index contributed by atoms with van der Waals surface area (Å²) >= 11 is 0. The summed E-state index contributed by atoms with van der Waals surface area (Å²) in [6.45, 7) is 1.21. The largest absolute Gasteiger partial charge is 0.326 e. The molecule has 2 N–H and O–H groups in total. The standard InChI is InChI=1S/C28H22N4O3/c1-18(33)29-23-13-5-4-12-21(23)27-28(35)32(25-16-7-6-14-24(25)31-27)17-26(34)30-22-15-8-10-19-9-2-3-11-20(19)22/h2-16H,17H2,1H3,(H,29,33)(H,30,34). The fourth-order valence-corrected chi connectivity index (χ4v) is 4.18. The highest BCUT2D eigenvalue weighted by Gasteiger charge is 2.18. The minimum absolute atomic E-state index is 0.158. The van der Waals surface area contributed by atoms with Gasteiger partial charge in [0.25, 0.3) is 5.56 Å². The Morgan fingerprint density at radius 3 is 2.34 bits per heavy atom. The van der Waals surface area contributed by atoms with Crippen LogP contribution in [0.2, 0.25) is 0 Å². The van der Waals surface area contributed by atoms with E-state index in [0.717, 1.165) is 10.8 Å². The summed E-state index contributed by atoms with van der Waals surface area (Å²) < 4.78 is 1.42. The predicted molar refractivity (Wildman–Crippen MR) is 138 cm³/mol. The van der Waals surface area contributed by atoms with Crippen molar-refractivity contribution in [3.63, 3.8) is 0 Å². The Morgan fingerprint density at radius 1 is 0.800 bits per heavy atom. The number of para-hydroxylation sites is 3. The second kappa shape index (κ2) is 9.23. The number of nitrogens with zero attached hydrogens (tertiary/aromatic N) is 2. The van der Waals surface area contributed by atoms with E-state index in [1.165, 1.54) is 11.5 Å². The molecule has 0 atom stereocenters. The molecule has 1 aromatic heterocycles. The normalized spacial score (nSPS) is 10.9. The van der Waals surface area contributed by atoms with Crippen LogP contribution in [0.15, 0.2) is 95.8 Å². The van der Waals surface area contributed by atoms with Crippen molar-refractivity contribution in [1.29, 1.82) is 0 Å². The summed E-state index contributed by atoms with van der Waals surface area (Å²) in [6, 6.07) is 27.6. The molecule has 0 fully saturated rings. The Balaban J connectivity index is 1.58. The van der Waals surface area contributed by atoms with Crippen LogP contribution in [0.3, 0.4) is 0 Å². The minimum Gasteiger partial charge on any atom is -0.326 e. The van der Waals surface area contributed by atoms with Gasteiger partial charge < -0.3 is 10.6 Å². The van der Waals surface area contributed by atoms with Gasteiger partial charge in [-0.1, -0.05) is 66.7 Å². The van der Waals surface area contributed by atoms with E-state index in [9.17, 15) is 14.4 Å². The molecule has 0 spiro atoms. The van der Waals surface area contributed by atoms with Crippen molar-refractivity contribution in [1.82, 2.24) is 9.55 Å². The van der Waals surface area contributed by atoms with Gasteiger partial charge in [-0.15, -0.1) is 0 Å². The number of nitrogens with one attached hydrogen (secondary N) is 2. The fraction of sp³-hybridized carbons (Fsp3) is 0.0714. The van der Waals surface area contributed by atoms with Gasteiger partial charge in [-0.05, 0) is 29.7 Å². The van der Waals surface area contributed by atoms with Gasteiger partial charge in [-0.2, -0.15) is 0 Å². The quantitative estimate of drug-likeness (QED) is 0.392. The van der Waals surface area contributed by atoms with Crippen molar-refractivity contribution < 1.29 is 9.59 Å². The topological polar surface area (TPSA) is 93.1 Å². The van der Waals surface area contributed by atoms with E-state index in [-0.39, 0.29) is 24.1 Å². The Kier molecular flexibility index (Phi) is 5.81. The average Bonchev–Trinajstić information content (AvgIpc) is 2.86. The highest BCUT2D eigenvalue weighted by atomic mass is 16.2. The number of fused-ring (bicyclic) bond motifs is 2. The van der Waals surface area contributed by atoms with Crippen LogP contribution in [-0.2, 0) is 16.1 Å². The SMILES string of the molecule is CC(=O)Nc1ccccc1-c1nc2ccccc2n(CC(=O)Nc2cccc3ccccc23)c1=O. The molecule has 172 valence electrons.